The standard InChI is InChI=1S/C24H33N3O4.C2H2O4/c1-18-7-6-8-19(2)24(18)25-23(29)16-27-13-11-26(12-14-27)15-20(28)17-31-22-10-5-4-9-21(22)30-3;3-1(4)2(5)6/h4-10,20,28H,11-17H2,1-3H3,(H,25,29);(H,3,4)(H,5,6)/p-2. The number of nitrogens with zero attached hydrogens (tertiary/aromatic N) is 2. The number of carbonyl (C=O) groups is 3. The number of rotatable bonds is 9. The van der Waals surface area contributed by atoms with Crippen molar-refractivity contribution in [1.29, 1.82) is 0 Å². The molecule has 1 fully saturated rings. The number of amides is 1. The first-order valence-electron chi connectivity index (χ1n) is 11.8. The van der Waals surface area contributed by atoms with Gasteiger partial charge >= 0.3 is 0 Å². The van der Waals surface area contributed by atoms with Crippen molar-refractivity contribution in [3.8, 4) is 11.5 Å². The van der Waals surface area contributed by atoms with E-state index in [0.717, 1.165) is 43.0 Å². The lowest BCUT2D eigenvalue weighted by Crippen LogP contribution is -2.50. The highest BCUT2D eigenvalue weighted by Crippen LogP contribution is 2.25. The third-order valence-corrected chi connectivity index (χ3v) is 5.71. The van der Waals surface area contributed by atoms with E-state index in [9.17, 15) is 9.90 Å². The largest absolute Gasteiger partial charge is 0.543 e. The number of benzene rings is 2. The van der Waals surface area contributed by atoms with Gasteiger partial charge in [0.2, 0.25) is 5.91 Å². The molecule has 3 rings (SSSR count). The second kappa shape index (κ2) is 14.8. The Balaban J connectivity index is 0.000000717. The van der Waals surface area contributed by atoms with Gasteiger partial charge in [0, 0.05) is 38.4 Å². The maximum atomic E-state index is 12.5. The molecule has 37 heavy (non-hydrogen) atoms. The average molecular weight is 516 g/mol. The number of carboxylic acids is 2. The van der Waals surface area contributed by atoms with Gasteiger partial charge in [0.1, 0.15) is 12.7 Å². The fourth-order valence-corrected chi connectivity index (χ4v) is 3.80. The van der Waals surface area contributed by atoms with Crippen molar-refractivity contribution in [3.63, 3.8) is 0 Å². The fraction of sp³-hybridized carbons (Fsp3) is 0.423. The summed E-state index contributed by atoms with van der Waals surface area (Å²) in [5, 5.41) is 31.3. The number of piperazine rings is 1. The van der Waals surface area contributed by atoms with Crippen molar-refractivity contribution < 1.29 is 39.2 Å². The summed E-state index contributed by atoms with van der Waals surface area (Å²) < 4.78 is 11.0. The van der Waals surface area contributed by atoms with Crippen LogP contribution in [0.25, 0.3) is 0 Å². The van der Waals surface area contributed by atoms with Gasteiger partial charge in [-0.25, -0.2) is 0 Å². The van der Waals surface area contributed by atoms with Crippen LogP contribution >= 0.6 is 0 Å². The number of aliphatic hydroxyl groups excluding tert-OH is 1. The number of anilines is 1. The predicted octanol–water partition coefficient (Wildman–Crippen LogP) is -1.21. The Labute approximate surface area is 216 Å². The zero-order valence-corrected chi connectivity index (χ0v) is 21.3. The van der Waals surface area contributed by atoms with Gasteiger partial charge in [-0.2, -0.15) is 0 Å². The molecular weight excluding hydrogens is 482 g/mol. The van der Waals surface area contributed by atoms with Crippen LogP contribution in [0.4, 0.5) is 5.69 Å². The summed E-state index contributed by atoms with van der Waals surface area (Å²) in [7, 11) is 1.60. The molecule has 2 aromatic rings. The van der Waals surface area contributed by atoms with E-state index in [-0.39, 0.29) is 12.5 Å². The van der Waals surface area contributed by atoms with Crippen LogP contribution in [-0.4, -0.2) is 91.8 Å². The number of nitrogens with one attached hydrogen (secondary N) is 1. The Morgan fingerprint density at radius 2 is 1.46 bits per heavy atom. The van der Waals surface area contributed by atoms with Crippen molar-refractivity contribution in [2.24, 2.45) is 0 Å². The molecular formula is C26H33N3O8-2. The maximum absolute atomic E-state index is 12.5. The lowest BCUT2D eigenvalue weighted by atomic mass is 10.1. The molecule has 0 spiro atoms. The molecule has 0 saturated carbocycles. The molecule has 0 bridgehead atoms. The van der Waals surface area contributed by atoms with Crippen molar-refractivity contribution in [1.82, 2.24) is 9.80 Å². The second-order valence-corrected chi connectivity index (χ2v) is 8.58. The first-order valence-corrected chi connectivity index (χ1v) is 11.8. The molecule has 1 amide bonds. The van der Waals surface area contributed by atoms with Gasteiger partial charge in [-0.1, -0.05) is 30.3 Å². The van der Waals surface area contributed by atoms with Gasteiger partial charge in [0.15, 0.2) is 11.5 Å². The number of hydrogen-bond acceptors (Lipinski definition) is 10. The number of aliphatic hydroxyl groups is 1. The molecule has 1 unspecified atom stereocenters. The van der Waals surface area contributed by atoms with E-state index in [2.05, 4.69) is 15.1 Å². The molecule has 1 aliphatic heterocycles. The molecule has 0 aromatic heterocycles. The van der Waals surface area contributed by atoms with E-state index in [0.29, 0.717) is 24.6 Å². The third-order valence-electron chi connectivity index (χ3n) is 5.71. The third kappa shape index (κ3) is 10.1. The van der Waals surface area contributed by atoms with Crippen LogP contribution < -0.4 is 25.0 Å². The molecule has 2 aromatic carbocycles. The van der Waals surface area contributed by atoms with Gasteiger partial charge in [0.25, 0.3) is 0 Å². The first kappa shape index (κ1) is 29.6. The Morgan fingerprint density at radius 3 is 2.00 bits per heavy atom. The first-order chi connectivity index (χ1) is 17.6. The topological polar surface area (TPSA) is 155 Å². The molecule has 11 nitrogen and oxygen atoms in total. The van der Waals surface area contributed by atoms with Crippen LogP contribution in [0.1, 0.15) is 11.1 Å². The molecule has 0 radical (unpaired) electrons. The van der Waals surface area contributed by atoms with Gasteiger partial charge < -0.3 is 39.7 Å². The van der Waals surface area contributed by atoms with E-state index in [1.807, 2.05) is 56.3 Å². The molecule has 1 aliphatic rings. The second-order valence-electron chi connectivity index (χ2n) is 8.58. The van der Waals surface area contributed by atoms with Crippen LogP contribution in [0.5, 0.6) is 11.5 Å². The summed E-state index contributed by atoms with van der Waals surface area (Å²) in [4.78, 5) is 34.7. The van der Waals surface area contributed by atoms with Crippen LogP contribution in [0.2, 0.25) is 0 Å². The maximum Gasteiger partial charge on any atom is 0.238 e. The molecule has 1 atom stereocenters. The molecule has 1 heterocycles. The molecule has 2 N–H and O–H groups in total. The number of hydrogen-bond donors (Lipinski definition) is 2. The Hall–Kier alpha value is -3.67. The van der Waals surface area contributed by atoms with Crippen molar-refractivity contribution >= 4 is 23.5 Å². The summed E-state index contributed by atoms with van der Waals surface area (Å²) in [5.41, 5.74) is 3.05. The number of carboxylic acid groups (broad SMARTS) is 2. The molecule has 1 saturated heterocycles. The average Bonchev–Trinajstić information content (AvgIpc) is 2.87. The lowest BCUT2D eigenvalue weighted by Gasteiger charge is -2.35. The van der Waals surface area contributed by atoms with Crippen LogP contribution in [0, 0.1) is 13.8 Å². The van der Waals surface area contributed by atoms with Crippen molar-refractivity contribution in [3.05, 3.63) is 53.6 Å². The normalized spacial score (nSPS) is 14.6. The Kier molecular flexibility index (Phi) is 11.8. The van der Waals surface area contributed by atoms with E-state index in [1.165, 1.54) is 0 Å². The summed E-state index contributed by atoms with van der Waals surface area (Å²) >= 11 is 0. The summed E-state index contributed by atoms with van der Waals surface area (Å²) in [6, 6.07) is 13.4. The number of aliphatic carboxylic acids is 2. The smallest absolute Gasteiger partial charge is 0.238 e. The van der Waals surface area contributed by atoms with Crippen LogP contribution in [0.15, 0.2) is 42.5 Å². The van der Waals surface area contributed by atoms with E-state index in [1.54, 1.807) is 7.11 Å². The lowest BCUT2D eigenvalue weighted by molar-refractivity contribution is -0.345. The van der Waals surface area contributed by atoms with E-state index < -0.39 is 18.0 Å². The molecule has 11 heteroatoms. The Bertz CT molecular complexity index is 1020. The minimum Gasteiger partial charge on any atom is -0.543 e. The number of methoxy groups -OCH3 is 1. The van der Waals surface area contributed by atoms with E-state index >= 15 is 0 Å². The van der Waals surface area contributed by atoms with Crippen LogP contribution in [0.3, 0.4) is 0 Å². The summed E-state index contributed by atoms with van der Waals surface area (Å²) in [6.07, 6.45) is -0.594. The monoisotopic (exact) mass is 515 g/mol. The van der Waals surface area contributed by atoms with E-state index in [4.69, 9.17) is 29.3 Å². The predicted molar refractivity (Wildman–Crippen MR) is 132 cm³/mol. The van der Waals surface area contributed by atoms with Crippen molar-refractivity contribution in [2.75, 3.05) is 58.3 Å². The number of aryl methyl sites for hydroxylation is 2. The van der Waals surface area contributed by atoms with Gasteiger partial charge in [-0.05, 0) is 37.1 Å². The fourth-order valence-electron chi connectivity index (χ4n) is 3.80. The molecule has 202 valence electrons. The number of β-amino-alcohol motifs (C(OH)–C–C–N with tert-alkyl or cyclic N) is 1. The van der Waals surface area contributed by atoms with Crippen molar-refractivity contribution in [2.45, 2.75) is 20.0 Å². The SMILES string of the molecule is COc1ccccc1OCC(O)CN1CCN(CC(=O)Nc2c(C)cccc2C)CC1.O=C([O-])C(=O)[O-]. The number of carbonyl (C=O) groups excluding carboxylic acids is 3. The van der Waals surface area contributed by atoms with Gasteiger partial charge in [-0.3, -0.25) is 14.6 Å². The quantitative estimate of drug-likeness (QED) is 0.389. The van der Waals surface area contributed by atoms with Gasteiger partial charge in [0.05, 0.1) is 25.6 Å². The highest BCUT2D eigenvalue weighted by Gasteiger charge is 2.21. The van der Waals surface area contributed by atoms with Crippen LogP contribution in [-0.2, 0) is 14.4 Å². The zero-order chi connectivity index (χ0) is 27.4. The Morgan fingerprint density at radius 1 is 0.919 bits per heavy atom. The number of ether oxygens (including phenoxy) is 2. The minimum absolute atomic E-state index is 0.0103. The summed E-state index contributed by atoms with van der Waals surface area (Å²) in [5.74, 6) is -3.08. The highest BCUT2D eigenvalue weighted by atomic mass is 16.5. The summed E-state index contributed by atoms with van der Waals surface area (Å²) in [6.45, 7) is 8.33. The highest BCUT2D eigenvalue weighted by molar-refractivity contribution is 6.25. The number of para-hydroxylation sites is 3. The zero-order valence-electron chi connectivity index (χ0n) is 21.3. The van der Waals surface area contributed by atoms with Gasteiger partial charge in [-0.15, -0.1) is 0 Å². The molecule has 0 aliphatic carbocycles. The minimum atomic E-state index is -2.19.